The van der Waals surface area contributed by atoms with E-state index in [1.54, 1.807) is 14.0 Å². The number of hydrogen-bond donors (Lipinski definition) is 1. The maximum Gasteiger partial charge on any atom is 0.416 e. The largest absolute Gasteiger partial charge is 0.497 e. The van der Waals surface area contributed by atoms with Crippen LogP contribution < -0.4 is 10.1 Å². The predicted octanol–water partition coefficient (Wildman–Crippen LogP) is 5.11. The lowest BCUT2D eigenvalue weighted by atomic mass is 10.2. The maximum absolute atomic E-state index is 12.9. The summed E-state index contributed by atoms with van der Waals surface area (Å²) in [7, 11) is 1.59. The van der Waals surface area contributed by atoms with Crippen LogP contribution in [0.1, 0.15) is 19.4 Å². The molecule has 0 saturated heterocycles. The third-order valence-electron chi connectivity index (χ3n) is 4.49. The quantitative estimate of drug-likeness (QED) is 0.507. The number of hydrogen-bond acceptors (Lipinski definition) is 5. The van der Waals surface area contributed by atoms with Crippen molar-refractivity contribution >= 4 is 23.4 Å². The van der Waals surface area contributed by atoms with Gasteiger partial charge >= 0.3 is 6.18 Å². The van der Waals surface area contributed by atoms with Crippen molar-refractivity contribution < 1.29 is 22.7 Å². The van der Waals surface area contributed by atoms with Crippen molar-refractivity contribution in [1.82, 2.24) is 14.8 Å². The molecule has 1 heterocycles. The average molecular weight is 450 g/mol. The van der Waals surface area contributed by atoms with Crippen molar-refractivity contribution in [3.05, 3.63) is 54.1 Å². The molecule has 1 atom stereocenters. The van der Waals surface area contributed by atoms with Crippen molar-refractivity contribution in [1.29, 1.82) is 0 Å². The molecule has 0 aliphatic carbocycles. The number of benzene rings is 2. The van der Waals surface area contributed by atoms with Gasteiger partial charge in [-0.2, -0.15) is 13.2 Å². The minimum absolute atomic E-state index is 0.0863. The monoisotopic (exact) mass is 450 g/mol. The van der Waals surface area contributed by atoms with Gasteiger partial charge in [0.1, 0.15) is 5.75 Å². The lowest BCUT2D eigenvalue weighted by Gasteiger charge is -2.14. The van der Waals surface area contributed by atoms with Gasteiger partial charge in [0.05, 0.1) is 17.9 Å². The van der Waals surface area contributed by atoms with Crippen molar-refractivity contribution in [2.75, 3.05) is 12.4 Å². The van der Waals surface area contributed by atoms with Gasteiger partial charge in [-0.1, -0.05) is 17.8 Å². The molecular formula is C21H21F3N4O2S. The second-order valence-corrected chi connectivity index (χ2v) is 7.91. The molecule has 1 amide bonds. The third-order valence-corrected chi connectivity index (χ3v) is 5.57. The van der Waals surface area contributed by atoms with Crippen molar-refractivity contribution in [2.24, 2.45) is 0 Å². The summed E-state index contributed by atoms with van der Waals surface area (Å²) in [5, 5.41) is 10.9. The summed E-state index contributed by atoms with van der Waals surface area (Å²) in [5.74, 6) is 0.944. The molecule has 10 heteroatoms. The highest BCUT2D eigenvalue weighted by atomic mass is 32.2. The summed E-state index contributed by atoms with van der Waals surface area (Å²) in [5.41, 5.74) is 0.117. The van der Waals surface area contributed by atoms with Gasteiger partial charge in [-0.25, -0.2) is 0 Å². The number of ether oxygens (including phenoxy) is 1. The highest BCUT2D eigenvalue weighted by Crippen LogP contribution is 2.31. The molecule has 6 nitrogen and oxygen atoms in total. The lowest BCUT2D eigenvalue weighted by Crippen LogP contribution is -2.23. The fourth-order valence-corrected chi connectivity index (χ4v) is 3.76. The number of nitrogens with zero attached hydrogens (tertiary/aromatic N) is 3. The normalized spacial score (nSPS) is 12.5. The Balaban J connectivity index is 1.73. The molecule has 1 aromatic heterocycles. The zero-order chi connectivity index (χ0) is 22.6. The van der Waals surface area contributed by atoms with E-state index < -0.39 is 22.9 Å². The molecule has 0 saturated carbocycles. The Hall–Kier alpha value is -3.01. The molecule has 3 rings (SSSR count). The van der Waals surface area contributed by atoms with Gasteiger partial charge in [0.25, 0.3) is 0 Å². The number of anilines is 1. The third kappa shape index (κ3) is 5.38. The molecule has 1 unspecified atom stereocenters. The number of amides is 1. The number of nitrogens with one attached hydrogen (secondary N) is 1. The molecule has 0 fully saturated rings. The van der Waals surface area contributed by atoms with Crippen LogP contribution in [0.4, 0.5) is 18.9 Å². The van der Waals surface area contributed by atoms with Crippen molar-refractivity contribution in [2.45, 2.75) is 37.0 Å². The molecule has 0 aliphatic rings. The molecule has 0 spiro atoms. The van der Waals surface area contributed by atoms with E-state index in [0.29, 0.717) is 17.5 Å². The van der Waals surface area contributed by atoms with Crippen LogP contribution >= 0.6 is 11.8 Å². The van der Waals surface area contributed by atoms with E-state index in [1.165, 1.54) is 23.9 Å². The highest BCUT2D eigenvalue weighted by molar-refractivity contribution is 8.00. The molecule has 2 aromatic carbocycles. The fraction of sp³-hybridized carbons (Fsp3) is 0.286. The molecule has 0 aliphatic heterocycles. The van der Waals surface area contributed by atoms with Gasteiger partial charge in [-0.15, -0.1) is 10.2 Å². The van der Waals surface area contributed by atoms with Gasteiger partial charge in [0.2, 0.25) is 5.91 Å². The van der Waals surface area contributed by atoms with Crippen LogP contribution in [0.2, 0.25) is 0 Å². The van der Waals surface area contributed by atoms with Gasteiger partial charge in [-0.05, 0) is 56.3 Å². The number of methoxy groups -OCH3 is 1. The molecule has 31 heavy (non-hydrogen) atoms. The van der Waals surface area contributed by atoms with E-state index in [9.17, 15) is 18.0 Å². The summed E-state index contributed by atoms with van der Waals surface area (Å²) in [6.07, 6.45) is -4.48. The number of alkyl halides is 3. The first-order valence-electron chi connectivity index (χ1n) is 9.45. The second-order valence-electron chi connectivity index (χ2n) is 6.61. The standard InChI is InChI=1S/C21H21F3N4O2S/c1-4-28-18(14-8-10-17(30-3)11-9-14)26-27-20(28)31-13(2)19(29)25-16-7-5-6-15(12-16)21(22,23)24/h5-13H,4H2,1-3H3,(H,25,29). The number of rotatable bonds is 7. The molecule has 0 bridgehead atoms. The Morgan fingerprint density at radius 2 is 1.90 bits per heavy atom. The van der Waals surface area contributed by atoms with Crippen LogP contribution in [0.5, 0.6) is 5.75 Å². The van der Waals surface area contributed by atoms with Gasteiger partial charge < -0.3 is 14.6 Å². The second kappa shape index (κ2) is 9.42. The molecule has 0 radical (unpaired) electrons. The first-order valence-corrected chi connectivity index (χ1v) is 10.3. The highest BCUT2D eigenvalue weighted by Gasteiger charge is 2.30. The van der Waals surface area contributed by atoms with Crippen molar-refractivity contribution in [3.63, 3.8) is 0 Å². The lowest BCUT2D eigenvalue weighted by molar-refractivity contribution is -0.137. The molecule has 3 aromatic rings. The van der Waals surface area contributed by atoms with Crippen molar-refractivity contribution in [3.8, 4) is 17.1 Å². The number of carbonyl (C=O) groups excluding carboxylic acids is 1. The Kier molecular flexibility index (Phi) is 6.89. The maximum atomic E-state index is 12.9. The van der Waals surface area contributed by atoms with Gasteiger partial charge in [-0.3, -0.25) is 4.79 Å². The minimum atomic E-state index is -4.48. The first-order chi connectivity index (χ1) is 14.7. The predicted molar refractivity (Wildman–Crippen MR) is 113 cm³/mol. The van der Waals surface area contributed by atoms with Crippen LogP contribution in [-0.2, 0) is 17.5 Å². The Morgan fingerprint density at radius 1 is 1.19 bits per heavy atom. The topological polar surface area (TPSA) is 69.0 Å². The Bertz CT molecular complexity index is 1050. The zero-order valence-corrected chi connectivity index (χ0v) is 17.9. The van der Waals surface area contributed by atoms with Crippen LogP contribution in [0.3, 0.4) is 0 Å². The summed E-state index contributed by atoms with van der Waals surface area (Å²) in [4.78, 5) is 12.5. The van der Waals surface area contributed by atoms with Crippen LogP contribution in [0.25, 0.3) is 11.4 Å². The van der Waals surface area contributed by atoms with E-state index >= 15 is 0 Å². The summed E-state index contributed by atoms with van der Waals surface area (Å²) in [6, 6.07) is 11.9. The smallest absolute Gasteiger partial charge is 0.416 e. The molecular weight excluding hydrogens is 429 g/mol. The Morgan fingerprint density at radius 3 is 2.52 bits per heavy atom. The van der Waals surface area contributed by atoms with E-state index in [1.807, 2.05) is 35.8 Å². The van der Waals surface area contributed by atoms with Crippen LogP contribution in [-0.4, -0.2) is 33.0 Å². The molecule has 1 N–H and O–H groups in total. The first kappa shape index (κ1) is 22.7. The summed E-state index contributed by atoms with van der Waals surface area (Å²) >= 11 is 1.19. The number of carbonyl (C=O) groups is 1. The molecule has 164 valence electrons. The summed E-state index contributed by atoms with van der Waals surface area (Å²) < 4.78 is 45.7. The minimum Gasteiger partial charge on any atom is -0.497 e. The van der Waals surface area contributed by atoms with Crippen LogP contribution in [0, 0.1) is 0 Å². The van der Waals surface area contributed by atoms with Gasteiger partial charge in [0, 0.05) is 17.8 Å². The Labute approximate surface area is 181 Å². The van der Waals surface area contributed by atoms with Crippen LogP contribution in [0.15, 0.2) is 53.7 Å². The number of thioether (sulfide) groups is 1. The average Bonchev–Trinajstić information content (AvgIpc) is 3.15. The number of halogens is 3. The SMILES string of the molecule is CCn1c(SC(C)C(=O)Nc2cccc(C(F)(F)F)c2)nnc1-c1ccc(OC)cc1. The summed E-state index contributed by atoms with van der Waals surface area (Å²) in [6.45, 7) is 4.18. The van der Waals surface area contributed by atoms with E-state index in [2.05, 4.69) is 15.5 Å². The van der Waals surface area contributed by atoms with E-state index in [-0.39, 0.29) is 5.69 Å². The van der Waals surface area contributed by atoms with Gasteiger partial charge in [0.15, 0.2) is 11.0 Å². The fourth-order valence-electron chi connectivity index (χ4n) is 2.84. The zero-order valence-electron chi connectivity index (χ0n) is 17.1. The number of aromatic nitrogens is 3. The van der Waals surface area contributed by atoms with E-state index in [4.69, 9.17) is 4.74 Å². The van der Waals surface area contributed by atoms with E-state index in [0.717, 1.165) is 23.4 Å².